The highest BCUT2D eigenvalue weighted by Gasteiger charge is 2.36. The molecule has 0 radical (unpaired) electrons. The number of aromatic nitrogens is 1. The Hall–Kier alpha value is -1.93. The number of aromatic amines is 1. The zero-order chi connectivity index (χ0) is 16.6. The predicted octanol–water partition coefficient (Wildman–Crippen LogP) is 1.35. The molecule has 6 nitrogen and oxygen atoms in total. The van der Waals surface area contributed by atoms with Gasteiger partial charge in [0.1, 0.15) is 11.9 Å². The Morgan fingerprint density at radius 2 is 2.22 bits per heavy atom. The van der Waals surface area contributed by atoms with Crippen LogP contribution in [0.15, 0.2) is 24.3 Å². The van der Waals surface area contributed by atoms with Gasteiger partial charge < -0.3 is 10.3 Å². The monoisotopic (exact) mass is 339 g/mol. The van der Waals surface area contributed by atoms with E-state index in [4.69, 9.17) is 0 Å². The topological polar surface area (TPSA) is 82.3 Å². The van der Waals surface area contributed by atoms with Crippen molar-refractivity contribution in [1.82, 2.24) is 14.6 Å². The number of sulfonamides is 1. The van der Waals surface area contributed by atoms with Crippen molar-refractivity contribution in [3.8, 4) is 0 Å². The van der Waals surface area contributed by atoms with E-state index in [9.17, 15) is 17.6 Å². The fourth-order valence-electron chi connectivity index (χ4n) is 2.96. The van der Waals surface area contributed by atoms with E-state index in [1.807, 2.05) is 0 Å². The summed E-state index contributed by atoms with van der Waals surface area (Å²) in [5, 5.41) is 3.48. The maximum absolute atomic E-state index is 13.2. The number of nitrogens with zero attached hydrogens (tertiary/aromatic N) is 1. The molecule has 0 aliphatic carbocycles. The Kier molecular flexibility index (Phi) is 4.11. The van der Waals surface area contributed by atoms with Gasteiger partial charge in [-0.05, 0) is 37.1 Å². The molecule has 2 N–H and O–H groups in total. The van der Waals surface area contributed by atoms with Crippen LogP contribution in [-0.2, 0) is 21.4 Å². The van der Waals surface area contributed by atoms with Gasteiger partial charge in [-0.2, -0.15) is 4.31 Å². The summed E-state index contributed by atoms with van der Waals surface area (Å²) in [5.41, 5.74) is 1.53. The molecule has 1 fully saturated rings. The smallest absolute Gasteiger partial charge is 0.238 e. The van der Waals surface area contributed by atoms with Crippen LogP contribution in [0.3, 0.4) is 0 Å². The van der Waals surface area contributed by atoms with Gasteiger partial charge in [-0.25, -0.2) is 12.8 Å². The van der Waals surface area contributed by atoms with E-state index in [2.05, 4.69) is 10.3 Å². The van der Waals surface area contributed by atoms with Crippen molar-refractivity contribution in [2.45, 2.75) is 25.4 Å². The highest BCUT2D eigenvalue weighted by molar-refractivity contribution is 7.88. The van der Waals surface area contributed by atoms with Gasteiger partial charge in [-0.1, -0.05) is 0 Å². The largest absolute Gasteiger partial charge is 0.357 e. The second-order valence-corrected chi connectivity index (χ2v) is 7.71. The number of hydrogen-bond donors (Lipinski definition) is 2. The van der Waals surface area contributed by atoms with Crippen LogP contribution in [0.4, 0.5) is 4.39 Å². The van der Waals surface area contributed by atoms with Crippen molar-refractivity contribution in [1.29, 1.82) is 0 Å². The third kappa shape index (κ3) is 3.37. The predicted molar refractivity (Wildman–Crippen MR) is 84.7 cm³/mol. The van der Waals surface area contributed by atoms with Gasteiger partial charge in [0, 0.05) is 23.1 Å². The molecule has 8 heteroatoms. The first-order valence-corrected chi connectivity index (χ1v) is 9.21. The second-order valence-electron chi connectivity index (χ2n) is 5.78. The van der Waals surface area contributed by atoms with Gasteiger partial charge in [0.05, 0.1) is 12.8 Å². The van der Waals surface area contributed by atoms with E-state index in [0.29, 0.717) is 19.4 Å². The molecular formula is C15H18FN3O3S. The maximum Gasteiger partial charge on any atom is 0.238 e. The number of halogens is 1. The zero-order valence-electron chi connectivity index (χ0n) is 12.7. The van der Waals surface area contributed by atoms with Crippen LogP contribution in [0.2, 0.25) is 0 Å². The van der Waals surface area contributed by atoms with Crippen molar-refractivity contribution in [2.75, 3.05) is 12.8 Å². The van der Waals surface area contributed by atoms with Crippen LogP contribution in [0.1, 0.15) is 18.5 Å². The Bertz CT molecular complexity index is 847. The first-order chi connectivity index (χ1) is 10.8. The summed E-state index contributed by atoms with van der Waals surface area (Å²) in [5.74, 6) is -0.625. The summed E-state index contributed by atoms with van der Waals surface area (Å²) in [4.78, 5) is 15.4. The van der Waals surface area contributed by atoms with Crippen molar-refractivity contribution in [3.63, 3.8) is 0 Å². The molecule has 0 saturated carbocycles. The molecule has 1 atom stereocenters. The second kappa shape index (κ2) is 5.93. The van der Waals surface area contributed by atoms with Crippen LogP contribution < -0.4 is 5.32 Å². The van der Waals surface area contributed by atoms with Crippen LogP contribution in [-0.4, -0.2) is 42.5 Å². The van der Waals surface area contributed by atoms with Gasteiger partial charge in [0.2, 0.25) is 15.9 Å². The molecule has 1 aromatic carbocycles. The van der Waals surface area contributed by atoms with E-state index in [1.165, 1.54) is 16.4 Å². The van der Waals surface area contributed by atoms with E-state index < -0.39 is 16.1 Å². The lowest BCUT2D eigenvalue weighted by Gasteiger charge is -2.21. The average Bonchev–Trinajstić information content (AvgIpc) is 3.10. The SMILES string of the molecule is CS(=O)(=O)N1CCC[C@H]1C(=O)NCc1cc2cc(F)ccc2[nH]1. The summed E-state index contributed by atoms with van der Waals surface area (Å²) in [7, 11) is -3.38. The van der Waals surface area contributed by atoms with Crippen molar-refractivity contribution < 1.29 is 17.6 Å². The van der Waals surface area contributed by atoms with Crippen LogP contribution in [0.25, 0.3) is 10.9 Å². The molecule has 23 heavy (non-hydrogen) atoms. The summed E-state index contributed by atoms with van der Waals surface area (Å²) < 4.78 is 37.8. The fraction of sp³-hybridized carbons (Fsp3) is 0.400. The summed E-state index contributed by atoms with van der Waals surface area (Å²) in [6, 6.07) is 5.54. The van der Waals surface area contributed by atoms with E-state index in [0.717, 1.165) is 22.9 Å². The summed E-state index contributed by atoms with van der Waals surface area (Å²) in [6.45, 7) is 0.617. The number of nitrogens with one attached hydrogen (secondary N) is 2. The molecule has 1 aliphatic rings. The lowest BCUT2D eigenvalue weighted by atomic mass is 10.2. The number of amides is 1. The van der Waals surface area contributed by atoms with Gasteiger partial charge in [-0.3, -0.25) is 4.79 Å². The Labute approximate surface area is 133 Å². The molecule has 0 spiro atoms. The number of carbonyl (C=O) groups is 1. The van der Waals surface area contributed by atoms with Crippen LogP contribution >= 0.6 is 0 Å². The van der Waals surface area contributed by atoms with E-state index >= 15 is 0 Å². The molecule has 1 aromatic heterocycles. The molecule has 2 aromatic rings. The Balaban J connectivity index is 1.68. The number of hydrogen-bond acceptors (Lipinski definition) is 3. The van der Waals surface area contributed by atoms with Gasteiger partial charge in [0.15, 0.2) is 0 Å². The summed E-state index contributed by atoms with van der Waals surface area (Å²) >= 11 is 0. The molecule has 0 unspecified atom stereocenters. The third-order valence-corrected chi connectivity index (χ3v) is 5.31. The first-order valence-electron chi connectivity index (χ1n) is 7.36. The highest BCUT2D eigenvalue weighted by atomic mass is 32.2. The number of fused-ring (bicyclic) bond motifs is 1. The molecule has 3 rings (SSSR count). The van der Waals surface area contributed by atoms with Crippen LogP contribution in [0, 0.1) is 5.82 Å². The van der Waals surface area contributed by atoms with E-state index in [-0.39, 0.29) is 18.3 Å². The number of H-pyrrole nitrogens is 1. The van der Waals surface area contributed by atoms with Crippen molar-refractivity contribution in [3.05, 3.63) is 35.8 Å². The third-order valence-electron chi connectivity index (χ3n) is 4.02. The van der Waals surface area contributed by atoms with E-state index in [1.54, 1.807) is 12.1 Å². The Morgan fingerprint density at radius 1 is 1.43 bits per heavy atom. The lowest BCUT2D eigenvalue weighted by Crippen LogP contribution is -2.45. The van der Waals surface area contributed by atoms with Crippen LogP contribution in [0.5, 0.6) is 0 Å². The quantitative estimate of drug-likeness (QED) is 0.882. The standard InChI is InChI=1S/C15H18FN3O3S/c1-23(21,22)19-6-2-3-14(19)15(20)17-9-12-8-10-7-11(16)4-5-13(10)18-12/h4-5,7-8,14,18H,2-3,6,9H2,1H3,(H,17,20)/t14-/m0/s1. The number of rotatable bonds is 4. The van der Waals surface area contributed by atoms with Gasteiger partial charge in [0.25, 0.3) is 0 Å². The molecule has 2 heterocycles. The average molecular weight is 339 g/mol. The summed E-state index contributed by atoms with van der Waals surface area (Å²) in [6.07, 6.45) is 2.32. The number of carbonyl (C=O) groups excluding carboxylic acids is 1. The first kappa shape index (κ1) is 15.9. The van der Waals surface area contributed by atoms with Crippen molar-refractivity contribution >= 4 is 26.8 Å². The minimum absolute atomic E-state index is 0.239. The fourth-order valence-corrected chi connectivity index (χ4v) is 4.08. The normalized spacial score (nSPS) is 19.3. The zero-order valence-corrected chi connectivity index (χ0v) is 13.5. The maximum atomic E-state index is 13.2. The molecule has 1 amide bonds. The lowest BCUT2D eigenvalue weighted by molar-refractivity contribution is -0.124. The Morgan fingerprint density at radius 3 is 2.96 bits per heavy atom. The highest BCUT2D eigenvalue weighted by Crippen LogP contribution is 2.21. The minimum Gasteiger partial charge on any atom is -0.357 e. The minimum atomic E-state index is -3.38. The molecule has 124 valence electrons. The van der Waals surface area contributed by atoms with Crippen molar-refractivity contribution in [2.24, 2.45) is 0 Å². The van der Waals surface area contributed by atoms with Gasteiger partial charge in [-0.15, -0.1) is 0 Å². The number of benzene rings is 1. The molecule has 1 aliphatic heterocycles. The molecular weight excluding hydrogens is 321 g/mol. The molecule has 1 saturated heterocycles. The molecule has 0 bridgehead atoms. The van der Waals surface area contributed by atoms with Gasteiger partial charge >= 0.3 is 0 Å².